The third-order valence-corrected chi connectivity index (χ3v) is 13.8. The van der Waals surface area contributed by atoms with Crippen LogP contribution in [0.2, 0.25) is 5.02 Å². The summed E-state index contributed by atoms with van der Waals surface area (Å²) in [7, 11) is 0. The highest BCUT2D eigenvalue weighted by Gasteiger charge is 2.64. The molecular weight excluding hydrogens is 752 g/mol. The fraction of sp³-hybridized carbons (Fsp3) is 0.500. The topological polar surface area (TPSA) is 135 Å². The van der Waals surface area contributed by atoms with Gasteiger partial charge in [0.15, 0.2) is 0 Å². The first-order valence-corrected chi connectivity index (χ1v) is 21.2. The maximum Gasteiger partial charge on any atom is 0.255 e. The van der Waals surface area contributed by atoms with Gasteiger partial charge in [0.05, 0.1) is 10.6 Å². The molecule has 11 nitrogen and oxygen atoms in total. The van der Waals surface area contributed by atoms with Gasteiger partial charge in [-0.1, -0.05) is 64.3 Å². The molecule has 4 fully saturated rings. The number of likely N-dealkylation sites (tertiary alicyclic amines) is 1. The first-order chi connectivity index (χ1) is 27.7. The van der Waals surface area contributed by atoms with E-state index in [0.717, 1.165) is 50.1 Å². The van der Waals surface area contributed by atoms with Crippen LogP contribution in [-0.2, 0) is 22.6 Å². The Bertz CT molecular complexity index is 2150. The number of nitrogens with zero attached hydrogens (tertiary/aromatic N) is 4. The van der Waals surface area contributed by atoms with Crippen molar-refractivity contribution in [1.82, 2.24) is 20.4 Å². The number of piperidine rings is 1. The van der Waals surface area contributed by atoms with Crippen molar-refractivity contribution in [3.8, 4) is 11.8 Å². The van der Waals surface area contributed by atoms with Crippen LogP contribution in [-0.4, -0.2) is 83.3 Å². The van der Waals surface area contributed by atoms with Crippen molar-refractivity contribution in [2.75, 3.05) is 24.5 Å². The van der Waals surface area contributed by atoms with E-state index < -0.39 is 6.04 Å². The van der Waals surface area contributed by atoms with Crippen molar-refractivity contribution < 1.29 is 23.9 Å². The predicted molar refractivity (Wildman–Crippen MR) is 222 cm³/mol. The van der Waals surface area contributed by atoms with Gasteiger partial charge < -0.3 is 19.9 Å². The number of imide groups is 1. The van der Waals surface area contributed by atoms with Crippen LogP contribution >= 0.6 is 11.6 Å². The largest absolute Gasteiger partial charge is 0.489 e. The van der Waals surface area contributed by atoms with Crippen LogP contribution in [0.4, 0.5) is 5.69 Å². The van der Waals surface area contributed by atoms with E-state index in [1.165, 1.54) is 24.8 Å². The molecule has 3 atom stereocenters. The van der Waals surface area contributed by atoms with E-state index in [4.69, 9.17) is 16.3 Å². The average Bonchev–Trinajstić information content (AvgIpc) is 3.90. The van der Waals surface area contributed by atoms with Crippen molar-refractivity contribution in [2.24, 2.45) is 10.8 Å². The summed E-state index contributed by atoms with van der Waals surface area (Å²) in [5, 5.41) is 15.2. The normalized spacial score (nSPS) is 25.6. The molecule has 3 aromatic rings. The lowest BCUT2D eigenvalue weighted by atomic mass is 9.49. The number of halogens is 1. The van der Waals surface area contributed by atoms with Gasteiger partial charge in [-0.15, -0.1) is 0 Å². The van der Waals surface area contributed by atoms with Gasteiger partial charge in [-0.3, -0.25) is 29.4 Å². The fourth-order valence-corrected chi connectivity index (χ4v) is 10.9. The number of hydrogen-bond donors (Lipinski definition) is 2. The van der Waals surface area contributed by atoms with E-state index in [1.54, 1.807) is 23.1 Å². The van der Waals surface area contributed by atoms with Crippen LogP contribution in [0.15, 0.2) is 60.7 Å². The molecule has 12 heteroatoms. The highest BCUT2D eigenvalue weighted by Crippen LogP contribution is 2.55. The molecule has 304 valence electrons. The quantitative estimate of drug-likeness (QED) is 0.145. The molecule has 0 spiro atoms. The zero-order valence-corrected chi connectivity index (χ0v) is 34.6. The minimum Gasteiger partial charge on any atom is -0.489 e. The summed E-state index contributed by atoms with van der Waals surface area (Å²) in [6.07, 6.45) is 7.28. The lowest BCUT2D eigenvalue weighted by molar-refractivity contribution is -0.164. The first kappa shape index (κ1) is 39.9. The standard InChI is InChI=1S/C46H53ClN6O5/c1-45(2)43(46(3,4)44(45)58-35-16-14-30(24-48)37(47)23-35)50-40(55)29-12-10-28(11-13-29)9-7-5-6-8-20-51-26-34-22-33(51)27-52(34)32-15-17-36-31(21-32)25-53(42(36)57)38-18-19-39(54)49-41(38)56/h10-17,21,23,33-34,38,43-44H,5-9,18-20,22,25-27H2,1-4H3,(H,50,55)(H,49,54,56)/t33-,34-,38+,43-,44-/m0/s1. The summed E-state index contributed by atoms with van der Waals surface area (Å²) < 4.78 is 6.37. The number of ether oxygens (including phenoxy) is 1. The number of amides is 4. The summed E-state index contributed by atoms with van der Waals surface area (Å²) in [6, 6.07) is 21.6. The molecule has 0 aromatic heterocycles. The summed E-state index contributed by atoms with van der Waals surface area (Å²) in [5.74, 6) is -0.254. The van der Waals surface area contributed by atoms with E-state index in [2.05, 4.69) is 78.5 Å². The van der Waals surface area contributed by atoms with Crippen LogP contribution in [0, 0.1) is 22.2 Å². The molecule has 0 radical (unpaired) electrons. The Morgan fingerprint density at radius 1 is 0.931 bits per heavy atom. The number of piperazine rings is 1. The molecule has 3 saturated heterocycles. The van der Waals surface area contributed by atoms with E-state index in [1.807, 2.05) is 18.2 Å². The molecule has 1 saturated carbocycles. The van der Waals surface area contributed by atoms with Crippen molar-refractivity contribution in [2.45, 2.75) is 116 Å². The van der Waals surface area contributed by atoms with Crippen LogP contribution in [0.25, 0.3) is 0 Å². The molecular formula is C46H53ClN6O5. The molecule has 5 aliphatic rings. The van der Waals surface area contributed by atoms with Crippen LogP contribution < -0.4 is 20.3 Å². The van der Waals surface area contributed by atoms with E-state index in [0.29, 0.717) is 52.5 Å². The molecule has 4 amide bonds. The molecule has 1 aliphatic carbocycles. The number of nitriles is 1. The Kier molecular flexibility index (Phi) is 10.8. The lowest BCUT2D eigenvalue weighted by Gasteiger charge is -2.63. The fourth-order valence-electron chi connectivity index (χ4n) is 10.7. The molecule has 4 heterocycles. The van der Waals surface area contributed by atoms with Crippen LogP contribution in [0.3, 0.4) is 0 Å². The number of nitrogens with one attached hydrogen (secondary N) is 2. The highest BCUT2D eigenvalue weighted by molar-refractivity contribution is 6.31. The molecule has 3 aromatic carbocycles. The van der Waals surface area contributed by atoms with Crippen LogP contribution in [0.1, 0.15) is 110 Å². The summed E-state index contributed by atoms with van der Waals surface area (Å²) in [5.41, 5.74) is 4.42. The van der Waals surface area contributed by atoms with Gasteiger partial charge in [0.25, 0.3) is 11.8 Å². The van der Waals surface area contributed by atoms with Crippen molar-refractivity contribution in [3.63, 3.8) is 0 Å². The number of carbonyl (C=O) groups is 4. The molecule has 0 unspecified atom stereocenters. The van der Waals surface area contributed by atoms with Gasteiger partial charge in [-0.2, -0.15) is 5.26 Å². The Hall–Kier alpha value is -4.92. The second-order valence-electron chi connectivity index (χ2n) is 18.1. The van der Waals surface area contributed by atoms with E-state index >= 15 is 0 Å². The van der Waals surface area contributed by atoms with Gasteiger partial charge in [0, 0.05) is 77.9 Å². The molecule has 2 N–H and O–H groups in total. The Morgan fingerprint density at radius 3 is 2.38 bits per heavy atom. The molecule has 4 aliphatic heterocycles. The third kappa shape index (κ3) is 7.46. The van der Waals surface area contributed by atoms with E-state index in [9.17, 15) is 24.4 Å². The van der Waals surface area contributed by atoms with Crippen molar-refractivity contribution in [3.05, 3.63) is 93.5 Å². The van der Waals surface area contributed by atoms with Crippen LogP contribution in [0.5, 0.6) is 5.75 Å². The van der Waals surface area contributed by atoms with Gasteiger partial charge in [0.1, 0.15) is 24.0 Å². The molecule has 2 bridgehead atoms. The summed E-state index contributed by atoms with van der Waals surface area (Å²) in [4.78, 5) is 57.4. The number of fused-ring (bicyclic) bond motifs is 3. The van der Waals surface area contributed by atoms with Gasteiger partial charge >= 0.3 is 0 Å². The zero-order valence-electron chi connectivity index (χ0n) is 33.9. The van der Waals surface area contributed by atoms with Gasteiger partial charge in [-0.25, -0.2) is 0 Å². The smallest absolute Gasteiger partial charge is 0.255 e. The maximum absolute atomic E-state index is 13.4. The Balaban J connectivity index is 0.740. The third-order valence-electron chi connectivity index (χ3n) is 13.5. The van der Waals surface area contributed by atoms with Gasteiger partial charge in [0.2, 0.25) is 11.8 Å². The predicted octanol–water partition coefficient (Wildman–Crippen LogP) is 6.65. The second kappa shape index (κ2) is 15.7. The number of hydrogen-bond acceptors (Lipinski definition) is 8. The Morgan fingerprint density at radius 2 is 1.69 bits per heavy atom. The first-order valence-electron chi connectivity index (χ1n) is 20.8. The van der Waals surface area contributed by atoms with Gasteiger partial charge in [-0.05, 0) is 92.2 Å². The SMILES string of the molecule is CC1(C)[C@H](NC(=O)c2ccc(CCCCCCN3C[C@@H]4C[C@H]3CN4c3ccc4c(c3)CN([C@@H]3CCC(=O)NC3=O)C4=O)cc2)C(C)(C)[C@H]1Oc1ccc(C#N)c(Cl)c1. The number of rotatable bonds is 13. The highest BCUT2D eigenvalue weighted by atomic mass is 35.5. The average molecular weight is 805 g/mol. The summed E-state index contributed by atoms with van der Waals surface area (Å²) >= 11 is 6.25. The Labute approximate surface area is 346 Å². The number of carbonyl (C=O) groups excluding carboxylic acids is 4. The minimum absolute atomic E-state index is 0.0848. The number of benzene rings is 3. The van der Waals surface area contributed by atoms with Crippen molar-refractivity contribution in [1.29, 1.82) is 5.26 Å². The number of unbranched alkanes of at least 4 members (excludes halogenated alkanes) is 3. The monoisotopic (exact) mass is 804 g/mol. The number of aryl methyl sites for hydroxylation is 1. The minimum atomic E-state index is -0.593. The van der Waals surface area contributed by atoms with E-state index in [-0.39, 0.29) is 53.0 Å². The summed E-state index contributed by atoms with van der Waals surface area (Å²) in [6.45, 7) is 12.0. The van der Waals surface area contributed by atoms with Crippen molar-refractivity contribution >= 4 is 40.9 Å². The molecule has 8 rings (SSSR count). The maximum atomic E-state index is 13.4. The number of anilines is 1. The second-order valence-corrected chi connectivity index (χ2v) is 18.5. The lowest BCUT2D eigenvalue weighted by Crippen LogP contribution is -2.74. The molecule has 58 heavy (non-hydrogen) atoms. The zero-order chi connectivity index (χ0) is 40.9.